The number of hydrogen-bond donors (Lipinski definition) is 1. The lowest BCUT2D eigenvalue weighted by molar-refractivity contribution is -0.127. The lowest BCUT2D eigenvalue weighted by Gasteiger charge is -2.34. The van der Waals surface area contributed by atoms with E-state index in [0.29, 0.717) is 18.0 Å². The van der Waals surface area contributed by atoms with Gasteiger partial charge in [-0.25, -0.2) is 4.98 Å². The number of rotatable bonds is 5. The zero-order chi connectivity index (χ0) is 19.7. The minimum absolute atomic E-state index is 0.0221. The van der Waals surface area contributed by atoms with Crippen molar-refractivity contribution in [2.45, 2.75) is 50.3 Å². The third-order valence-electron chi connectivity index (χ3n) is 5.02. The lowest BCUT2D eigenvalue weighted by Crippen LogP contribution is -2.50. The summed E-state index contributed by atoms with van der Waals surface area (Å²) in [6.45, 7) is 3.16. The molecule has 1 aromatic carbocycles. The average Bonchev–Trinajstić information content (AvgIpc) is 3.16. The highest BCUT2D eigenvalue weighted by Gasteiger charge is 2.38. The van der Waals surface area contributed by atoms with Gasteiger partial charge < -0.3 is 14.6 Å². The molecule has 1 aromatic heterocycles. The fourth-order valence-corrected chi connectivity index (χ4v) is 5.00. The Morgan fingerprint density at radius 2 is 2.14 bits per heavy atom. The van der Waals surface area contributed by atoms with Crippen LogP contribution in [-0.4, -0.2) is 43.1 Å². The van der Waals surface area contributed by atoms with Crippen molar-refractivity contribution in [3.63, 3.8) is 0 Å². The van der Waals surface area contributed by atoms with E-state index in [2.05, 4.69) is 10.3 Å². The second-order valence-corrected chi connectivity index (χ2v) is 8.86. The van der Waals surface area contributed by atoms with E-state index in [-0.39, 0.29) is 17.5 Å². The van der Waals surface area contributed by atoms with Gasteiger partial charge in [-0.1, -0.05) is 19.1 Å². The van der Waals surface area contributed by atoms with Gasteiger partial charge in [-0.3, -0.25) is 9.10 Å². The predicted octanol–water partition coefficient (Wildman–Crippen LogP) is 1.70. The molecular formula is C19H24N4O4S. The van der Waals surface area contributed by atoms with E-state index in [1.807, 2.05) is 11.5 Å². The van der Waals surface area contributed by atoms with Crippen molar-refractivity contribution in [2.75, 3.05) is 17.4 Å². The van der Waals surface area contributed by atoms with E-state index in [0.717, 1.165) is 38.1 Å². The molecule has 150 valence electrons. The van der Waals surface area contributed by atoms with Gasteiger partial charge in [-0.15, -0.1) is 0 Å². The first-order chi connectivity index (χ1) is 13.5. The second-order valence-electron chi connectivity index (χ2n) is 7.05. The summed E-state index contributed by atoms with van der Waals surface area (Å²) in [6, 6.07) is 6.87. The fraction of sp³-hybridized carbons (Fsp3) is 0.474. The van der Waals surface area contributed by atoms with E-state index in [9.17, 15) is 13.2 Å². The van der Waals surface area contributed by atoms with E-state index < -0.39 is 16.1 Å². The summed E-state index contributed by atoms with van der Waals surface area (Å²) in [5, 5.41) is 2.80. The van der Waals surface area contributed by atoms with Crippen molar-refractivity contribution in [3.8, 4) is 5.75 Å². The molecule has 8 nitrogen and oxygen atoms in total. The van der Waals surface area contributed by atoms with Crippen molar-refractivity contribution in [1.29, 1.82) is 0 Å². The topological polar surface area (TPSA) is 93.5 Å². The van der Waals surface area contributed by atoms with Crippen molar-refractivity contribution >= 4 is 21.6 Å². The molecule has 1 amide bonds. The number of carbonyl (C=O) groups is 1. The van der Waals surface area contributed by atoms with Gasteiger partial charge in [-0.2, -0.15) is 8.42 Å². The molecule has 4 rings (SSSR count). The number of nitrogens with one attached hydrogen (secondary N) is 1. The summed E-state index contributed by atoms with van der Waals surface area (Å²) in [6.07, 6.45) is 4.29. The van der Waals surface area contributed by atoms with Crippen LogP contribution in [0, 0.1) is 0 Å². The number of aromatic nitrogens is 2. The molecule has 0 aliphatic carbocycles. The lowest BCUT2D eigenvalue weighted by atomic mass is 10.2. The first kappa shape index (κ1) is 18.8. The molecule has 9 heteroatoms. The first-order valence-electron chi connectivity index (χ1n) is 9.63. The SMILES string of the molecule is CCCNC(=O)C1CN(S(=O)(=O)c2cn3c(n2)CCCC3)c2ccccc2O1. The molecule has 0 spiro atoms. The van der Waals surface area contributed by atoms with Crippen LogP contribution in [0.1, 0.15) is 32.0 Å². The quantitative estimate of drug-likeness (QED) is 0.819. The average molecular weight is 404 g/mol. The molecule has 2 aliphatic rings. The number of sulfonamides is 1. The summed E-state index contributed by atoms with van der Waals surface area (Å²) in [7, 11) is -3.92. The number of imidazole rings is 1. The number of amides is 1. The summed E-state index contributed by atoms with van der Waals surface area (Å²) in [5.41, 5.74) is 0.424. The highest BCUT2D eigenvalue weighted by molar-refractivity contribution is 7.92. The number of carbonyl (C=O) groups excluding carboxylic acids is 1. The number of para-hydroxylation sites is 2. The van der Waals surface area contributed by atoms with Crippen molar-refractivity contribution in [1.82, 2.24) is 14.9 Å². The monoisotopic (exact) mass is 404 g/mol. The molecule has 1 unspecified atom stereocenters. The Hall–Kier alpha value is -2.55. The van der Waals surface area contributed by atoms with E-state index in [1.165, 1.54) is 4.31 Å². The van der Waals surface area contributed by atoms with Crippen molar-refractivity contribution < 1.29 is 17.9 Å². The maximum absolute atomic E-state index is 13.4. The van der Waals surface area contributed by atoms with E-state index in [4.69, 9.17) is 4.74 Å². The van der Waals surface area contributed by atoms with Gasteiger partial charge in [0, 0.05) is 25.7 Å². The molecule has 0 fully saturated rings. The zero-order valence-electron chi connectivity index (χ0n) is 15.8. The maximum atomic E-state index is 13.4. The molecule has 2 aliphatic heterocycles. The second kappa shape index (κ2) is 7.46. The third kappa shape index (κ3) is 3.34. The number of fused-ring (bicyclic) bond motifs is 2. The van der Waals surface area contributed by atoms with Gasteiger partial charge in [0.1, 0.15) is 11.6 Å². The van der Waals surface area contributed by atoms with Crippen LogP contribution in [0.4, 0.5) is 5.69 Å². The van der Waals surface area contributed by atoms with Crippen LogP contribution in [0.15, 0.2) is 35.5 Å². The van der Waals surface area contributed by atoms with Crippen molar-refractivity contribution in [2.24, 2.45) is 0 Å². The molecule has 0 radical (unpaired) electrons. The molecule has 0 saturated heterocycles. The zero-order valence-corrected chi connectivity index (χ0v) is 16.6. The highest BCUT2D eigenvalue weighted by Crippen LogP contribution is 2.36. The van der Waals surface area contributed by atoms with Crippen LogP contribution >= 0.6 is 0 Å². The molecule has 1 N–H and O–H groups in total. The van der Waals surface area contributed by atoms with Crippen LogP contribution in [-0.2, 0) is 27.8 Å². The summed E-state index contributed by atoms with van der Waals surface area (Å²) in [5.74, 6) is 0.849. The Bertz CT molecular complexity index is 962. The minimum Gasteiger partial charge on any atom is -0.476 e. The number of anilines is 1. The largest absolute Gasteiger partial charge is 0.476 e. The molecule has 0 bridgehead atoms. The van der Waals surface area contributed by atoms with Gasteiger partial charge in [0.25, 0.3) is 15.9 Å². The summed E-state index contributed by atoms with van der Waals surface area (Å²) >= 11 is 0. The Morgan fingerprint density at radius 1 is 1.32 bits per heavy atom. The summed E-state index contributed by atoms with van der Waals surface area (Å²) in [4.78, 5) is 16.8. The Kier molecular flexibility index (Phi) is 5.01. The third-order valence-corrected chi connectivity index (χ3v) is 6.67. The van der Waals surface area contributed by atoms with Crippen LogP contribution in [0.2, 0.25) is 0 Å². The van der Waals surface area contributed by atoms with E-state index in [1.54, 1.807) is 30.5 Å². The number of nitrogens with zero attached hydrogens (tertiary/aromatic N) is 3. The van der Waals surface area contributed by atoms with Crippen LogP contribution < -0.4 is 14.4 Å². The van der Waals surface area contributed by atoms with Gasteiger partial charge in [0.05, 0.1) is 12.2 Å². The predicted molar refractivity (Wildman–Crippen MR) is 104 cm³/mol. The van der Waals surface area contributed by atoms with Crippen LogP contribution in [0.25, 0.3) is 0 Å². The molecule has 3 heterocycles. The molecule has 0 saturated carbocycles. The van der Waals surface area contributed by atoms with Crippen LogP contribution in [0.3, 0.4) is 0 Å². The van der Waals surface area contributed by atoms with Crippen LogP contribution in [0.5, 0.6) is 5.75 Å². The summed E-state index contributed by atoms with van der Waals surface area (Å²) < 4.78 is 35.8. The molecule has 2 aromatic rings. The first-order valence-corrected chi connectivity index (χ1v) is 11.1. The molecule has 1 atom stereocenters. The van der Waals surface area contributed by atoms with E-state index >= 15 is 0 Å². The number of ether oxygens (including phenoxy) is 1. The smallest absolute Gasteiger partial charge is 0.283 e. The van der Waals surface area contributed by atoms with Crippen molar-refractivity contribution in [3.05, 3.63) is 36.3 Å². The Morgan fingerprint density at radius 3 is 2.93 bits per heavy atom. The maximum Gasteiger partial charge on any atom is 0.283 e. The van der Waals surface area contributed by atoms with Gasteiger partial charge in [-0.05, 0) is 31.4 Å². The number of aryl methyl sites for hydroxylation is 2. The Labute approximate surface area is 164 Å². The van der Waals surface area contributed by atoms with Gasteiger partial charge >= 0.3 is 0 Å². The number of benzene rings is 1. The van der Waals surface area contributed by atoms with Gasteiger partial charge in [0.2, 0.25) is 0 Å². The van der Waals surface area contributed by atoms with Gasteiger partial charge in [0.15, 0.2) is 11.1 Å². The minimum atomic E-state index is -3.92. The Balaban J connectivity index is 1.70. The molecule has 28 heavy (non-hydrogen) atoms. The standard InChI is InChI=1S/C19H24N4O4S/c1-2-10-20-19(24)16-12-23(14-7-3-4-8-15(14)27-16)28(25,26)18-13-22-11-6-5-9-17(22)21-18/h3-4,7-8,13,16H,2,5-6,9-12H2,1H3,(H,20,24). The molecular weight excluding hydrogens is 380 g/mol. The normalized spacial score (nSPS) is 18.8. The number of hydrogen-bond acceptors (Lipinski definition) is 5. The fourth-order valence-electron chi connectivity index (χ4n) is 3.55. The highest BCUT2D eigenvalue weighted by atomic mass is 32.2.